The average molecular weight is 557 g/mol. The summed E-state index contributed by atoms with van der Waals surface area (Å²) in [6.07, 6.45) is 0. The van der Waals surface area contributed by atoms with Crippen LogP contribution in [0.5, 0.6) is 0 Å². The minimum atomic E-state index is -0.200. The first-order valence-corrected chi connectivity index (χ1v) is 13.9. The zero-order chi connectivity index (χ0) is 28.5. The largest absolute Gasteiger partial charge is 0.424 e. The van der Waals surface area contributed by atoms with Crippen LogP contribution in [0.25, 0.3) is 78.4 Å². The Morgan fingerprint density at radius 1 is 0.535 bits per heavy atom. The summed E-state index contributed by atoms with van der Waals surface area (Å²) < 4.78 is 9.77. The highest BCUT2D eigenvalue weighted by Gasteiger charge is 2.20. The molecule has 0 saturated heterocycles. The van der Waals surface area contributed by atoms with E-state index in [-0.39, 0.29) is 11.4 Å². The predicted octanol–water partition coefficient (Wildman–Crippen LogP) is 7.21. The molecule has 0 fully saturated rings. The van der Waals surface area contributed by atoms with Gasteiger partial charge in [-0.3, -0.25) is 9.36 Å². The number of rotatable bonds is 3. The standard InChI is InChI=1S/C35H20N6O2/c42-33-25-19-29-24(20-30(25)43-35-36-26-16-8-10-18-28(26)41(33)35)23-15-7-9-17-27(23)40(29)34-38-31(21-11-3-1-4-12-21)37-32(39-34)22-13-5-2-6-14-22/h1-20H. The van der Waals surface area contributed by atoms with Crippen LogP contribution in [0.2, 0.25) is 0 Å². The molecule has 0 aliphatic carbocycles. The summed E-state index contributed by atoms with van der Waals surface area (Å²) in [6, 6.07) is 39.1. The number of para-hydroxylation sites is 3. The highest BCUT2D eigenvalue weighted by Crippen LogP contribution is 2.34. The molecule has 9 aromatic rings. The smallest absolute Gasteiger partial charge is 0.310 e. The molecule has 0 saturated carbocycles. The molecule has 0 amide bonds. The van der Waals surface area contributed by atoms with Crippen LogP contribution in [-0.2, 0) is 0 Å². The summed E-state index contributed by atoms with van der Waals surface area (Å²) in [5, 5.41) is 2.33. The molecule has 0 aliphatic rings. The molecule has 0 bridgehead atoms. The molecule has 9 rings (SSSR count). The van der Waals surface area contributed by atoms with Crippen LogP contribution in [0.3, 0.4) is 0 Å². The Labute approximate surface area is 243 Å². The van der Waals surface area contributed by atoms with Gasteiger partial charge in [0.1, 0.15) is 5.58 Å². The first kappa shape index (κ1) is 23.5. The number of hydrogen-bond donors (Lipinski definition) is 0. The Hall–Kier alpha value is -6.15. The number of fused-ring (bicyclic) bond motifs is 7. The van der Waals surface area contributed by atoms with Crippen molar-refractivity contribution in [3.05, 3.63) is 132 Å². The molecule has 0 aliphatic heterocycles. The zero-order valence-electron chi connectivity index (χ0n) is 22.5. The van der Waals surface area contributed by atoms with E-state index in [9.17, 15) is 4.79 Å². The Kier molecular flexibility index (Phi) is 4.89. The lowest BCUT2D eigenvalue weighted by molar-refractivity contribution is 0.617. The van der Waals surface area contributed by atoms with Crippen molar-refractivity contribution in [2.24, 2.45) is 0 Å². The van der Waals surface area contributed by atoms with Crippen molar-refractivity contribution in [2.75, 3.05) is 0 Å². The van der Waals surface area contributed by atoms with E-state index in [4.69, 9.17) is 19.4 Å². The molecule has 8 nitrogen and oxygen atoms in total. The summed E-state index contributed by atoms with van der Waals surface area (Å²) in [4.78, 5) is 33.3. The van der Waals surface area contributed by atoms with Crippen molar-refractivity contribution >= 4 is 49.7 Å². The van der Waals surface area contributed by atoms with Crippen LogP contribution >= 0.6 is 0 Å². The van der Waals surface area contributed by atoms with Crippen LogP contribution in [-0.4, -0.2) is 28.9 Å². The third kappa shape index (κ3) is 3.53. The van der Waals surface area contributed by atoms with Crippen LogP contribution in [0, 0.1) is 0 Å². The van der Waals surface area contributed by atoms with Gasteiger partial charge < -0.3 is 4.42 Å². The van der Waals surface area contributed by atoms with Crippen molar-refractivity contribution in [1.82, 2.24) is 28.9 Å². The van der Waals surface area contributed by atoms with Crippen molar-refractivity contribution < 1.29 is 4.42 Å². The third-order valence-electron chi connectivity index (χ3n) is 7.83. The Morgan fingerprint density at radius 3 is 1.88 bits per heavy atom. The maximum atomic E-state index is 14.0. The molecular weight excluding hydrogens is 536 g/mol. The Morgan fingerprint density at radius 2 is 1.16 bits per heavy atom. The topological polar surface area (TPSA) is 91.1 Å². The first-order valence-electron chi connectivity index (χ1n) is 13.9. The molecule has 0 unspecified atom stereocenters. The first-order chi connectivity index (χ1) is 21.2. The van der Waals surface area contributed by atoms with Gasteiger partial charge in [-0.25, -0.2) is 9.38 Å². The SMILES string of the molecule is O=c1c2cc3c(cc2oc2nc4ccccc4n12)c1ccccc1n3-c1nc(-c2ccccc2)nc(-c2ccccc2)n1. The number of benzene rings is 5. The van der Waals surface area contributed by atoms with E-state index in [1.807, 2.05) is 120 Å². The van der Waals surface area contributed by atoms with Crippen molar-refractivity contribution in [1.29, 1.82) is 0 Å². The van der Waals surface area contributed by atoms with Gasteiger partial charge >= 0.3 is 5.84 Å². The maximum absolute atomic E-state index is 14.0. The molecule has 0 radical (unpaired) electrons. The molecule has 0 spiro atoms. The van der Waals surface area contributed by atoms with Gasteiger partial charge in [-0.05, 0) is 30.3 Å². The lowest BCUT2D eigenvalue weighted by atomic mass is 10.1. The number of imidazole rings is 1. The van der Waals surface area contributed by atoms with Crippen LogP contribution < -0.4 is 5.56 Å². The van der Waals surface area contributed by atoms with Crippen molar-refractivity contribution in [3.8, 4) is 28.7 Å². The van der Waals surface area contributed by atoms with E-state index in [0.29, 0.717) is 39.6 Å². The van der Waals surface area contributed by atoms with Crippen LogP contribution in [0.4, 0.5) is 0 Å². The van der Waals surface area contributed by atoms with Gasteiger partial charge in [0.05, 0.1) is 27.5 Å². The fourth-order valence-corrected chi connectivity index (χ4v) is 5.85. The van der Waals surface area contributed by atoms with Gasteiger partial charge in [0.2, 0.25) is 5.95 Å². The molecule has 4 aromatic heterocycles. The average Bonchev–Trinajstić information content (AvgIpc) is 3.60. The second-order valence-electron chi connectivity index (χ2n) is 10.4. The van der Waals surface area contributed by atoms with Crippen molar-refractivity contribution in [3.63, 3.8) is 0 Å². The lowest BCUT2D eigenvalue weighted by Gasteiger charge is -2.11. The molecule has 0 atom stereocenters. The molecule has 5 aromatic carbocycles. The molecule has 0 N–H and O–H groups in total. The summed E-state index contributed by atoms with van der Waals surface area (Å²) in [5.74, 6) is 1.83. The van der Waals surface area contributed by atoms with Gasteiger partial charge in [0.15, 0.2) is 11.6 Å². The second-order valence-corrected chi connectivity index (χ2v) is 10.4. The second kappa shape index (κ2) is 8.92. The number of nitrogens with zero attached hydrogens (tertiary/aromatic N) is 6. The minimum Gasteiger partial charge on any atom is -0.424 e. The predicted molar refractivity (Wildman–Crippen MR) is 167 cm³/mol. The van der Waals surface area contributed by atoms with Crippen LogP contribution in [0.1, 0.15) is 0 Å². The summed E-state index contributed by atoms with van der Waals surface area (Å²) in [5.41, 5.74) is 5.11. The normalized spacial score (nSPS) is 11.8. The van der Waals surface area contributed by atoms with E-state index in [0.717, 1.165) is 32.9 Å². The lowest BCUT2D eigenvalue weighted by Crippen LogP contribution is -2.12. The van der Waals surface area contributed by atoms with Gasteiger partial charge in [-0.15, -0.1) is 0 Å². The molecule has 202 valence electrons. The van der Waals surface area contributed by atoms with Crippen molar-refractivity contribution in [2.45, 2.75) is 0 Å². The minimum absolute atomic E-state index is 0.200. The molecule has 8 heteroatoms. The zero-order valence-corrected chi connectivity index (χ0v) is 22.5. The monoisotopic (exact) mass is 556 g/mol. The van der Waals surface area contributed by atoms with E-state index in [1.54, 1.807) is 0 Å². The maximum Gasteiger partial charge on any atom is 0.310 e. The highest BCUT2D eigenvalue weighted by molar-refractivity contribution is 6.12. The summed E-state index contributed by atoms with van der Waals surface area (Å²) in [6.45, 7) is 0. The summed E-state index contributed by atoms with van der Waals surface area (Å²) >= 11 is 0. The fourth-order valence-electron chi connectivity index (χ4n) is 5.85. The quantitative estimate of drug-likeness (QED) is 0.228. The van der Waals surface area contributed by atoms with E-state index in [1.165, 1.54) is 4.40 Å². The van der Waals surface area contributed by atoms with E-state index < -0.39 is 0 Å². The molecule has 4 heterocycles. The van der Waals surface area contributed by atoms with Crippen LogP contribution in [0.15, 0.2) is 131 Å². The summed E-state index contributed by atoms with van der Waals surface area (Å²) in [7, 11) is 0. The Bertz CT molecular complexity index is 2530. The van der Waals surface area contributed by atoms with Gasteiger partial charge in [0, 0.05) is 21.9 Å². The number of aromatic nitrogens is 6. The van der Waals surface area contributed by atoms with Gasteiger partial charge in [-0.2, -0.15) is 15.0 Å². The van der Waals surface area contributed by atoms with E-state index in [2.05, 4.69) is 11.1 Å². The number of hydrogen-bond acceptors (Lipinski definition) is 6. The highest BCUT2D eigenvalue weighted by atomic mass is 16.4. The van der Waals surface area contributed by atoms with E-state index >= 15 is 0 Å². The molecular formula is C35H20N6O2. The van der Waals surface area contributed by atoms with Gasteiger partial charge in [0.25, 0.3) is 5.56 Å². The van der Waals surface area contributed by atoms with Gasteiger partial charge in [-0.1, -0.05) is 91.0 Å². The Balaban J connectivity index is 1.40. The molecule has 43 heavy (non-hydrogen) atoms. The third-order valence-corrected chi connectivity index (χ3v) is 7.83. The fraction of sp³-hybridized carbons (Fsp3) is 0.